The lowest BCUT2D eigenvalue weighted by atomic mass is 10.2. The topological polar surface area (TPSA) is 134 Å². The Balaban J connectivity index is 2.02. The monoisotopic (exact) mass is 454 g/mol. The van der Waals surface area contributed by atoms with Crippen molar-refractivity contribution in [3.63, 3.8) is 0 Å². The molecule has 3 rings (SSSR count). The van der Waals surface area contributed by atoms with Gasteiger partial charge in [-0.3, -0.25) is 9.59 Å². The summed E-state index contributed by atoms with van der Waals surface area (Å²) in [5, 5.41) is 20.8. The number of hydrogen-bond acceptors (Lipinski definition) is 6. The van der Waals surface area contributed by atoms with Crippen LogP contribution in [0.2, 0.25) is 0 Å². The number of sulfone groups is 1. The second-order valence-electron chi connectivity index (χ2n) is 6.32. The van der Waals surface area contributed by atoms with E-state index in [1.807, 2.05) is 5.32 Å². The van der Waals surface area contributed by atoms with E-state index in [4.69, 9.17) is 5.11 Å². The summed E-state index contributed by atoms with van der Waals surface area (Å²) in [5.41, 5.74) is -1.49. The average molecular weight is 454 g/mol. The molecule has 0 saturated heterocycles. The molecule has 0 aliphatic heterocycles. The number of pyridine rings is 1. The number of halogens is 3. The molecule has 0 spiro atoms. The number of carbonyl (C=O) groups is 2. The molecule has 0 bridgehead atoms. The molecule has 3 aromatic rings. The number of nitrogens with zero attached hydrogens (tertiary/aromatic N) is 1. The molecule has 0 atom stereocenters. The Morgan fingerprint density at radius 1 is 1.03 bits per heavy atom. The number of rotatable bonds is 5. The van der Waals surface area contributed by atoms with Crippen molar-refractivity contribution < 1.29 is 41.4 Å². The van der Waals surface area contributed by atoms with Crippen molar-refractivity contribution >= 4 is 32.6 Å². The van der Waals surface area contributed by atoms with Crippen LogP contribution in [0.5, 0.6) is 5.75 Å². The van der Waals surface area contributed by atoms with Gasteiger partial charge in [-0.25, -0.2) is 13.4 Å². The molecule has 12 heteroatoms. The number of amides is 1. The first-order chi connectivity index (χ1) is 14.4. The summed E-state index contributed by atoms with van der Waals surface area (Å²) in [5.74, 6) is -2.90. The zero-order valence-corrected chi connectivity index (χ0v) is 16.2. The van der Waals surface area contributed by atoms with Crippen LogP contribution in [0.3, 0.4) is 0 Å². The van der Waals surface area contributed by atoms with Gasteiger partial charge in [0.15, 0.2) is 5.69 Å². The molecule has 1 amide bonds. The third-order valence-corrected chi connectivity index (χ3v) is 5.91. The summed E-state index contributed by atoms with van der Waals surface area (Å²) in [6.07, 6.45) is -4.72. The molecule has 1 heterocycles. The summed E-state index contributed by atoms with van der Waals surface area (Å²) in [6, 6.07) is 7.72. The summed E-state index contributed by atoms with van der Waals surface area (Å²) >= 11 is 0. The van der Waals surface area contributed by atoms with Crippen LogP contribution in [0.1, 0.15) is 16.1 Å². The maximum Gasteiger partial charge on any atom is 0.416 e. The van der Waals surface area contributed by atoms with Gasteiger partial charge >= 0.3 is 12.1 Å². The minimum Gasteiger partial charge on any atom is -0.505 e. The van der Waals surface area contributed by atoms with Crippen LogP contribution < -0.4 is 5.32 Å². The molecule has 0 fully saturated rings. The fourth-order valence-electron chi connectivity index (χ4n) is 2.69. The average Bonchev–Trinajstić information content (AvgIpc) is 2.70. The molecule has 0 aliphatic carbocycles. The number of aromatic nitrogens is 1. The maximum atomic E-state index is 12.9. The van der Waals surface area contributed by atoms with Crippen LogP contribution in [-0.4, -0.2) is 42.0 Å². The number of carbonyl (C=O) groups excluding carboxylic acids is 1. The van der Waals surface area contributed by atoms with E-state index in [2.05, 4.69) is 4.98 Å². The molecule has 0 saturated carbocycles. The van der Waals surface area contributed by atoms with Crippen LogP contribution in [0.15, 0.2) is 58.3 Å². The van der Waals surface area contributed by atoms with Crippen molar-refractivity contribution in [2.45, 2.75) is 16.0 Å². The molecule has 2 aromatic carbocycles. The highest BCUT2D eigenvalue weighted by Crippen LogP contribution is 2.33. The Morgan fingerprint density at radius 2 is 1.71 bits per heavy atom. The molecule has 1 aromatic heterocycles. The fraction of sp³-hybridized carbons (Fsp3) is 0.105. The summed E-state index contributed by atoms with van der Waals surface area (Å²) in [6.45, 7) is -0.702. The van der Waals surface area contributed by atoms with Gasteiger partial charge in [-0.15, -0.1) is 0 Å². The van der Waals surface area contributed by atoms with E-state index >= 15 is 0 Å². The number of benzene rings is 2. The molecule has 0 unspecified atom stereocenters. The van der Waals surface area contributed by atoms with Crippen LogP contribution in [0, 0.1) is 0 Å². The number of fused-ring (bicyclic) bond motifs is 1. The van der Waals surface area contributed by atoms with Crippen molar-refractivity contribution in [3.8, 4) is 5.75 Å². The van der Waals surface area contributed by atoms with Gasteiger partial charge in [0.25, 0.3) is 5.91 Å². The van der Waals surface area contributed by atoms with E-state index in [9.17, 15) is 36.3 Å². The predicted molar refractivity (Wildman–Crippen MR) is 100 cm³/mol. The molecule has 162 valence electrons. The van der Waals surface area contributed by atoms with E-state index in [0.717, 1.165) is 36.4 Å². The highest BCUT2D eigenvalue weighted by atomic mass is 32.2. The number of carboxylic acids is 1. The van der Waals surface area contributed by atoms with Gasteiger partial charge in [-0.1, -0.05) is 6.07 Å². The van der Waals surface area contributed by atoms with Crippen LogP contribution in [0.4, 0.5) is 13.2 Å². The Labute approximate surface area is 172 Å². The minimum absolute atomic E-state index is 0.0975. The maximum absolute atomic E-state index is 12.9. The third kappa shape index (κ3) is 4.58. The first-order valence-electron chi connectivity index (χ1n) is 8.46. The Morgan fingerprint density at radius 3 is 2.35 bits per heavy atom. The van der Waals surface area contributed by atoms with Gasteiger partial charge in [0.1, 0.15) is 12.3 Å². The van der Waals surface area contributed by atoms with E-state index in [-0.39, 0.29) is 15.8 Å². The Bertz CT molecular complexity index is 1310. The Kier molecular flexibility index (Phi) is 5.59. The molecule has 0 aliphatic rings. The zero-order valence-electron chi connectivity index (χ0n) is 15.3. The van der Waals surface area contributed by atoms with Gasteiger partial charge in [0, 0.05) is 5.39 Å². The number of aromatic hydroxyl groups is 1. The summed E-state index contributed by atoms with van der Waals surface area (Å²) < 4.78 is 64.3. The van der Waals surface area contributed by atoms with Crippen molar-refractivity contribution in [2.75, 3.05) is 6.54 Å². The molecule has 3 N–H and O–H groups in total. The second-order valence-corrected chi connectivity index (χ2v) is 8.27. The quantitative estimate of drug-likeness (QED) is 0.540. The fourth-order valence-corrected chi connectivity index (χ4v) is 4.03. The number of aliphatic carboxylic acids is 1. The molecular weight excluding hydrogens is 441 g/mol. The molecule has 31 heavy (non-hydrogen) atoms. The molecular formula is C19H13F3N2O6S. The predicted octanol–water partition coefficient (Wildman–Crippen LogP) is 2.61. The van der Waals surface area contributed by atoms with Crippen LogP contribution in [-0.2, 0) is 20.8 Å². The number of hydrogen-bond donors (Lipinski definition) is 3. The van der Waals surface area contributed by atoms with Gasteiger partial charge in [-0.05, 0) is 42.5 Å². The summed E-state index contributed by atoms with van der Waals surface area (Å²) in [4.78, 5) is 25.5. The van der Waals surface area contributed by atoms with Crippen LogP contribution >= 0.6 is 0 Å². The minimum atomic E-state index is -4.72. The third-order valence-electron chi connectivity index (χ3n) is 4.16. The van der Waals surface area contributed by atoms with Gasteiger partial charge < -0.3 is 15.5 Å². The van der Waals surface area contributed by atoms with Crippen molar-refractivity contribution in [3.05, 3.63) is 59.8 Å². The van der Waals surface area contributed by atoms with E-state index < -0.39 is 56.3 Å². The highest BCUT2D eigenvalue weighted by molar-refractivity contribution is 7.91. The first kappa shape index (κ1) is 22.0. The van der Waals surface area contributed by atoms with Gasteiger partial charge in [-0.2, -0.15) is 13.2 Å². The SMILES string of the molecule is O=C(O)CNC(=O)c1nc2ccc(S(=O)(=O)c3cccc(C(F)(F)F)c3)cc2cc1O. The normalized spacial score (nSPS) is 12.0. The lowest BCUT2D eigenvalue weighted by molar-refractivity contribution is -0.138. The molecule has 8 nitrogen and oxygen atoms in total. The first-order valence-corrected chi connectivity index (χ1v) is 9.94. The highest BCUT2D eigenvalue weighted by Gasteiger charge is 2.32. The lowest BCUT2D eigenvalue weighted by Crippen LogP contribution is -2.29. The smallest absolute Gasteiger partial charge is 0.416 e. The number of alkyl halides is 3. The van der Waals surface area contributed by atoms with E-state index in [1.54, 1.807) is 0 Å². The number of nitrogens with one attached hydrogen (secondary N) is 1. The van der Waals surface area contributed by atoms with Gasteiger partial charge in [0.05, 0.1) is 20.9 Å². The van der Waals surface area contributed by atoms with E-state index in [1.165, 1.54) is 6.07 Å². The zero-order chi connectivity index (χ0) is 23.0. The van der Waals surface area contributed by atoms with Crippen LogP contribution in [0.25, 0.3) is 10.9 Å². The summed E-state index contributed by atoms with van der Waals surface area (Å²) in [7, 11) is -4.32. The largest absolute Gasteiger partial charge is 0.505 e. The second kappa shape index (κ2) is 7.87. The van der Waals surface area contributed by atoms with Gasteiger partial charge in [0.2, 0.25) is 9.84 Å². The lowest BCUT2D eigenvalue weighted by Gasteiger charge is -2.11. The standard InChI is InChI=1S/C19H13F3N2O6S/c20-19(21,22)11-2-1-3-12(8-11)31(29,30)13-4-5-14-10(6-13)7-15(25)17(24-14)18(28)23-9-16(26)27/h1-8,25H,9H2,(H,23,28)(H,26,27). The van der Waals surface area contributed by atoms with Crippen molar-refractivity contribution in [2.24, 2.45) is 0 Å². The molecule has 0 radical (unpaired) electrons. The number of carboxylic acid groups (broad SMARTS) is 1. The van der Waals surface area contributed by atoms with Crippen molar-refractivity contribution in [1.29, 1.82) is 0 Å². The van der Waals surface area contributed by atoms with Crippen molar-refractivity contribution in [1.82, 2.24) is 10.3 Å². The Hall–Kier alpha value is -3.67. The van der Waals surface area contributed by atoms with E-state index in [0.29, 0.717) is 6.07 Å².